The van der Waals surface area contributed by atoms with Crippen molar-refractivity contribution in [2.24, 2.45) is 0 Å². The predicted molar refractivity (Wildman–Crippen MR) is 90.1 cm³/mol. The first-order chi connectivity index (χ1) is 11.7. The van der Waals surface area contributed by atoms with Crippen LogP contribution in [0.4, 0.5) is 9.80 Å². The molecule has 0 radical (unpaired) electrons. The van der Waals surface area contributed by atoms with Gasteiger partial charge in [-0.3, -0.25) is 5.32 Å². The molecule has 8 heteroatoms. The van der Waals surface area contributed by atoms with Gasteiger partial charge in [-0.2, -0.15) is 4.98 Å². The molecule has 3 heterocycles. The number of ether oxygens (including phenoxy) is 1. The quantitative estimate of drug-likeness (QED) is 0.889. The SMILES string of the molecule is Cc1noc(-c2c(NC(=O)NC3CCCC3)sc3c2CCOC3)n1. The van der Waals surface area contributed by atoms with Gasteiger partial charge in [-0.25, -0.2) is 4.79 Å². The first-order valence-corrected chi connectivity index (χ1v) is 9.13. The van der Waals surface area contributed by atoms with Crippen molar-refractivity contribution in [3.05, 3.63) is 16.3 Å². The molecule has 1 saturated carbocycles. The third-order valence-corrected chi connectivity index (χ3v) is 5.60. The van der Waals surface area contributed by atoms with Gasteiger partial charge in [-0.1, -0.05) is 18.0 Å². The normalized spacial score (nSPS) is 17.7. The molecule has 1 fully saturated rings. The van der Waals surface area contributed by atoms with Crippen LogP contribution in [0.25, 0.3) is 11.5 Å². The lowest BCUT2D eigenvalue weighted by Gasteiger charge is -2.13. The Morgan fingerprint density at radius 2 is 2.17 bits per heavy atom. The molecule has 2 aromatic heterocycles. The third-order valence-electron chi connectivity index (χ3n) is 4.48. The number of nitrogens with one attached hydrogen (secondary N) is 2. The molecule has 0 atom stereocenters. The minimum Gasteiger partial charge on any atom is -0.376 e. The molecule has 0 unspecified atom stereocenters. The standard InChI is InChI=1S/C16H20N4O3S/c1-9-17-14(23-20-9)13-11-6-7-22-8-12(11)24-15(13)19-16(21)18-10-4-2-3-5-10/h10H,2-8H2,1H3,(H2,18,19,21). The van der Waals surface area contributed by atoms with E-state index in [1.54, 1.807) is 6.92 Å². The van der Waals surface area contributed by atoms with E-state index in [4.69, 9.17) is 9.26 Å². The average molecular weight is 348 g/mol. The molecule has 2 aromatic rings. The molecule has 0 aromatic carbocycles. The largest absolute Gasteiger partial charge is 0.376 e. The van der Waals surface area contributed by atoms with E-state index < -0.39 is 0 Å². The van der Waals surface area contributed by atoms with Gasteiger partial charge in [-0.15, -0.1) is 11.3 Å². The summed E-state index contributed by atoms with van der Waals surface area (Å²) < 4.78 is 10.9. The van der Waals surface area contributed by atoms with Crippen LogP contribution in [-0.2, 0) is 17.8 Å². The highest BCUT2D eigenvalue weighted by Crippen LogP contribution is 2.42. The van der Waals surface area contributed by atoms with Gasteiger partial charge in [0.2, 0.25) is 0 Å². The summed E-state index contributed by atoms with van der Waals surface area (Å²) in [6, 6.07) is 0.107. The number of anilines is 1. The number of hydrogen-bond acceptors (Lipinski definition) is 6. The van der Waals surface area contributed by atoms with Gasteiger partial charge in [0.25, 0.3) is 5.89 Å². The maximum absolute atomic E-state index is 12.4. The zero-order chi connectivity index (χ0) is 16.5. The van der Waals surface area contributed by atoms with E-state index in [0.717, 1.165) is 40.3 Å². The first kappa shape index (κ1) is 15.6. The van der Waals surface area contributed by atoms with E-state index in [0.29, 0.717) is 24.9 Å². The molecule has 1 aliphatic heterocycles. The van der Waals surface area contributed by atoms with Gasteiger partial charge in [0.15, 0.2) is 5.82 Å². The van der Waals surface area contributed by atoms with E-state index >= 15 is 0 Å². The molecular formula is C16H20N4O3S. The van der Waals surface area contributed by atoms with Crippen LogP contribution in [0.15, 0.2) is 4.52 Å². The molecule has 4 rings (SSSR count). The summed E-state index contributed by atoms with van der Waals surface area (Å²) in [4.78, 5) is 17.8. The molecule has 0 bridgehead atoms. The predicted octanol–water partition coefficient (Wildman–Crippen LogP) is 3.24. The lowest BCUT2D eigenvalue weighted by atomic mass is 10.1. The van der Waals surface area contributed by atoms with Gasteiger partial charge >= 0.3 is 6.03 Å². The van der Waals surface area contributed by atoms with E-state index in [-0.39, 0.29) is 12.1 Å². The number of rotatable bonds is 3. The average Bonchev–Trinajstić information content (AvgIpc) is 3.27. The van der Waals surface area contributed by atoms with Crippen LogP contribution in [0.5, 0.6) is 0 Å². The molecule has 0 saturated heterocycles. The van der Waals surface area contributed by atoms with E-state index in [2.05, 4.69) is 20.8 Å². The summed E-state index contributed by atoms with van der Waals surface area (Å²) in [7, 11) is 0. The highest BCUT2D eigenvalue weighted by Gasteiger charge is 2.27. The number of fused-ring (bicyclic) bond motifs is 1. The van der Waals surface area contributed by atoms with Gasteiger partial charge < -0.3 is 14.6 Å². The van der Waals surface area contributed by atoms with Crippen molar-refractivity contribution in [2.75, 3.05) is 11.9 Å². The molecular weight excluding hydrogens is 328 g/mol. The molecule has 1 aliphatic carbocycles. The first-order valence-electron chi connectivity index (χ1n) is 8.31. The van der Waals surface area contributed by atoms with Crippen molar-refractivity contribution in [3.8, 4) is 11.5 Å². The lowest BCUT2D eigenvalue weighted by Crippen LogP contribution is -2.36. The minimum absolute atomic E-state index is 0.168. The third kappa shape index (κ3) is 3.03. The van der Waals surface area contributed by atoms with Gasteiger partial charge in [0, 0.05) is 10.9 Å². The number of urea groups is 1. The zero-order valence-corrected chi connectivity index (χ0v) is 14.4. The number of thiophene rings is 1. The highest BCUT2D eigenvalue weighted by molar-refractivity contribution is 7.17. The van der Waals surface area contributed by atoms with Crippen LogP contribution in [0, 0.1) is 6.92 Å². The Hall–Kier alpha value is -1.93. The molecule has 2 N–H and O–H groups in total. The molecule has 2 aliphatic rings. The summed E-state index contributed by atoms with van der Waals surface area (Å²) in [6.07, 6.45) is 5.26. The smallest absolute Gasteiger partial charge is 0.320 e. The highest BCUT2D eigenvalue weighted by atomic mass is 32.1. The van der Waals surface area contributed by atoms with Crippen LogP contribution >= 0.6 is 11.3 Å². The van der Waals surface area contributed by atoms with Crippen molar-refractivity contribution in [1.29, 1.82) is 0 Å². The molecule has 7 nitrogen and oxygen atoms in total. The van der Waals surface area contributed by atoms with Crippen molar-refractivity contribution in [2.45, 2.75) is 51.7 Å². The number of carbonyl (C=O) groups is 1. The fourth-order valence-corrected chi connectivity index (χ4v) is 4.51. The number of aryl methyl sites for hydroxylation is 1. The monoisotopic (exact) mass is 348 g/mol. The summed E-state index contributed by atoms with van der Waals surface area (Å²) in [6.45, 7) is 3.01. The molecule has 0 spiro atoms. The number of carbonyl (C=O) groups excluding carboxylic acids is 1. The summed E-state index contributed by atoms with van der Waals surface area (Å²) in [5.41, 5.74) is 1.99. The minimum atomic E-state index is -0.168. The Kier molecular flexibility index (Phi) is 4.24. The van der Waals surface area contributed by atoms with Crippen molar-refractivity contribution >= 4 is 22.4 Å². The van der Waals surface area contributed by atoms with Gasteiger partial charge in [0.05, 0.1) is 18.8 Å². The van der Waals surface area contributed by atoms with Crippen molar-refractivity contribution in [3.63, 3.8) is 0 Å². The Balaban J connectivity index is 1.61. The Morgan fingerprint density at radius 3 is 2.92 bits per heavy atom. The summed E-state index contributed by atoms with van der Waals surface area (Å²) in [5.74, 6) is 1.04. The van der Waals surface area contributed by atoms with Crippen LogP contribution < -0.4 is 10.6 Å². The lowest BCUT2D eigenvalue weighted by molar-refractivity contribution is 0.113. The topological polar surface area (TPSA) is 89.3 Å². The Bertz CT molecular complexity index is 749. The Morgan fingerprint density at radius 1 is 1.33 bits per heavy atom. The van der Waals surface area contributed by atoms with Crippen LogP contribution in [0.1, 0.15) is 41.9 Å². The van der Waals surface area contributed by atoms with E-state index in [1.165, 1.54) is 24.2 Å². The van der Waals surface area contributed by atoms with Gasteiger partial charge in [0.1, 0.15) is 5.00 Å². The fraction of sp³-hybridized carbons (Fsp3) is 0.562. The van der Waals surface area contributed by atoms with Crippen LogP contribution in [-0.4, -0.2) is 28.8 Å². The number of aromatic nitrogens is 2. The molecule has 24 heavy (non-hydrogen) atoms. The second-order valence-corrected chi connectivity index (χ2v) is 7.34. The fourth-order valence-electron chi connectivity index (χ4n) is 3.34. The summed E-state index contributed by atoms with van der Waals surface area (Å²) >= 11 is 1.53. The summed E-state index contributed by atoms with van der Waals surface area (Å²) in [5, 5.41) is 10.7. The second-order valence-electron chi connectivity index (χ2n) is 6.24. The van der Waals surface area contributed by atoms with Crippen LogP contribution in [0.2, 0.25) is 0 Å². The Labute approximate surface area is 143 Å². The van der Waals surface area contributed by atoms with E-state index in [9.17, 15) is 4.79 Å². The number of amides is 2. The maximum atomic E-state index is 12.4. The molecule has 128 valence electrons. The zero-order valence-electron chi connectivity index (χ0n) is 13.6. The van der Waals surface area contributed by atoms with E-state index in [1.807, 2.05) is 0 Å². The van der Waals surface area contributed by atoms with Crippen molar-refractivity contribution in [1.82, 2.24) is 15.5 Å². The van der Waals surface area contributed by atoms with Gasteiger partial charge in [-0.05, 0) is 31.7 Å². The molecule has 2 amide bonds. The number of nitrogens with zero attached hydrogens (tertiary/aromatic N) is 2. The second kappa shape index (κ2) is 6.52. The maximum Gasteiger partial charge on any atom is 0.320 e. The number of hydrogen-bond donors (Lipinski definition) is 2. The van der Waals surface area contributed by atoms with Crippen molar-refractivity contribution < 1.29 is 14.1 Å². The van der Waals surface area contributed by atoms with Crippen LogP contribution in [0.3, 0.4) is 0 Å².